The summed E-state index contributed by atoms with van der Waals surface area (Å²) in [7, 11) is 0. The Bertz CT molecular complexity index is 864. The number of nitrogen functional groups attached to an aromatic ring is 1. The number of hydrogen-bond donors (Lipinski definition) is 2. The third-order valence-electron chi connectivity index (χ3n) is 4.07. The van der Waals surface area contributed by atoms with Crippen molar-refractivity contribution < 1.29 is 14.6 Å². The minimum atomic E-state index is -0.138. The molecular formula is C23H25NO3. The lowest BCUT2D eigenvalue weighted by molar-refractivity contribution is 0.104. The summed E-state index contributed by atoms with van der Waals surface area (Å²) in [4.78, 5) is 12.4. The van der Waals surface area contributed by atoms with Crippen LogP contribution >= 0.6 is 0 Å². The molecule has 0 bridgehead atoms. The molecule has 0 radical (unpaired) electrons. The van der Waals surface area contributed by atoms with Gasteiger partial charge in [-0.25, -0.2) is 0 Å². The van der Waals surface area contributed by atoms with E-state index < -0.39 is 0 Å². The lowest BCUT2D eigenvalue weighted by Gasteiger charge is -2.17. The topological polar surface area (TPSA) is 72.6 Å². The second-order valence-electron chi connectivity index (χ2n) is 6.02. The Labute approximate surface area is 160 Å². The zero-order valence-electron chi connectivity index (χ0n) is 15.6. The van der Waals surface area contributed by atoms with E-state index in [1.54, 1.807) is 42.5 Å². The largest absolute Gasteiger partial charge is 0.507 e. The Kier molecular flexibility index (Phi) is 7.00. The number of nitrogens with two attached hydrogens (primary N) is 1. The average molecular weight is 363 g/mol. The standard InChI is InChI=1S/C23H25NO3/c1-4-7-17-15-18(23(27-6-3)20(8-5-2)22(17)26)11-14-21(25)16-9-12-19(24)13-10-16/h4-5,9-15,26H,1-2,6-8,24H2,3H3/b14-11+. The van der Waals surface area contributed by atoms with Gasteiger partial charge in [-0.1, -0.05) is 12.2 Å². The smallest absolute Gasteiger partial charge is 0.185 e. The highest BCUT2D eigenvalue weighted by molar-refractivity contribution is 6.07. The molecule has 0 amide bonds. The van der Waals surface area contributed by atoms with E-state index in [0.717, 1.165) is 11.1 Å². The van der Waals surface area contributed by atoms with Crippen LogP contribution in [0.25, 0.3) is 6.08 Å². The molecule has 0 aliphatic carbocycles. The SMILES string of the molecule is C=CCc1cc(/C=C/C(=O)c2ccc(N)cc2)c(OCC)c(CC=C)c1O. The van der Waals surface area contributed by atoms with Gasteiger partial charge in [-0.2, -0.15) is 0 Å². The zero-order valence-corrected chi connectivity index (χ0v) is 15.6. The summed E-state index contributed by atoms with van der Waals surface area (Å²) in [6, 6.07) is 8.58. The number of benzene rings is 2. The highest BCUT2D eigenvalue weighted by Gasteiger charge is 2.16. The molecule has 0 fully saturated rings. The van der Waals surface area contributed by atoms with Crippen LogP contribution < -0.4 is 10.5 Å². The van der Waals surface area contributed by atoms with Crippen molar-refractivity contribution >= 4 is 17.5 Å². The lowest BCUT2D eigenvalue weighted by Crippen LogP contribution is -2.02. The summed E-state index contributed by atoms with van der Waals surface area (Å²) in [6.45, 7) is 9.81. The van der Waals surface area contributed by atoms with Gasteiger partial charge in [0.2, 0.25) is 0 Å². The van der Waals surface area contributed by atoms with Crippen LogP contribution in [0, 0.1) is 0 Å². The van der Waals surface area contributed by atoms with Crippen molar-refractivity contribution in [1.29, 1.82) is 0 Å². The number of aromatic hydroxyl groups is 1. The molecule has 0 unspecified atom stereocenters. The molecule has 4 heteroatoms. The molecule has 3 N–H and O–H groups in total. The van der Waals surface area contributed by atoms with E-state index in [1.165, 1.54) is 6.08 Å². The number of anilines is 1. The summed E-state index contributed by atoms with van der Waals surface area (Å²) in [5.74, 6) is 0.602. The van der Waals surface area contributed by atoms with Crippen LogP contribution in [0.4, 0.5) is 5.69 Å². The third kappa shape index (κ3) is 4.88. The molecule has 27 heavy (non-hydrogen) atoms. The molecule has 0 saturated carbocycles. The fraction of sp³-hybridized carbons (Fsp3) is 0.174. The number of ketones is 1. The number of ether oxygens (including phenoxy) is 1. The maximum absolute atomic E-state index is 12.4. The molecule has 140 valence electrons. The van der Waals surface area contributed by atoms with Crippen LogP contribution in [0.15, 0.2) is 61.7 Å². The van der Waals surface area contributed by atoms with Gasteiger partial charge in [0.1, 0.15) is 11.5 Å². The molecule has 0 atom stereocenters. The minimum Gasteiger partial charge on any atom is -0.507 e. The molecule has 4 nitrogen and oxygen atoms in total. The van der Waals surface area contributed by atoms with Crippen LogP contribution in [0.2, 0.25) is 0 Å². The molecule has 0 aromatic heterocycles. The minimum absolute atomic E-state index is 0.138. The number of rotatable bonds is 9. The van der Waals surface area contributed by atoms with Crippen molar-refractivity contribution in [2.75, 3.05) is 12.3 Å². The van der Waals surface area contributed by atoms with Gasteiger partial charge in [0.15, 0.2) is 5.78 Å². The average Bonchev–Trinajstić information content (AvgIpc) is 2.66. The van der Waals surface area contributed by atoms with E-state index in [4.69, 9.17) is 10.5 Å². The summed E-state index contributed by atoms with van der Waals surface area (Å²) < 4.78 is 5.78. The van der Waals surface area contributed by atoms with Gasteiger partial charge < -0.3 is 15.6 Å². The Morgan fingerprint density at radius 1 is 1.19 bits per heavy atom. The number of carbonyl (C=O) groups is 1. The van der Waals surface area contributed by atoms with Crippen LogP contribution in [-0.2, 0) is 12.8 Å². The van der Waals surface area contributed by atoms with Gasteiger partial charge in [-0.3, -0.25) is 4.79 Å². The maximum atomic E-state index is 12.4. The van der Waals surface area contributed by atoms with Crippen molar-refractivity contribution in [2.24, 2.45) is 0 Å². The highest BCUT2D eigenvalue weighted by atomic mass is 16.5. The Morgan fingerprint density at radius 2 is 1.85 bits per heavy atom. The number of carbonyl (C=O) groups excluding carboxylic acids is 1. The van der Waals surface area contributed by atoms with Crippen LogP contribution in [0.1, 0.15) is 34.0 Å². The van der Waals surface area contributed by atoms with Crippen molar-refractivity contribution in [2.45, 2.75) is 19.8 Å². The van der Waals surface area contributed by atoms with Gasteiger partial charge in [-0.15, -0.1) is 13.2 Å². The fourth-order valence-corrected chi connectivity index (χ4v) is 2.79. The van der Waals surface area contributed by atoms with Crippen molar-refractivity contribution in [3.63, 3.8) is 0 Å². The van der Waals surface area contributed by atoms with Crippen LogP contribution in [0.5, 0.6) is 11.5 Å². The second-order valence-corrected chi connectivity index (χ2v) is 6.02. The monoisotopic (exact) mass is 363 g/mol. The predicted molar refractivity (Wildman–Crippen MR) is 111 cm³/mol. The van der Waals surface area contributed by atoms with Crippen LogP contribution in [0.3, 0.4) is 0 Å². The Hall–Kier alpha value is -3.27. The van der Waals surface area contributed by atoms with E-state index in [2.05, 4.69) is 13.2 Å². The van der Waals surface area contributed by atoms with Gasteiger partial charge in [0.05, 0.1) is 6.61 Å². The first-order chi connectivity index (χ1) is 13.0. The summed E-state index contributed by atoms with van der Waals surface area (Å²) in [6.07, 6.45) is 7.61. The van der Waals surface area contributed by atoms with Crippen molar-refractivity contribution in [3.8, 4) is 11.5 Å². The molecule has 2 aromatic rings. The van der Waals surface area contributed by atoms with E-state index in [1.807, 2.05) is 13.0 Å². The molecule has 0 aliphatic rings. The number of hydrogen-bond acceptors (Lipinski definition) is 4. The summed E-state index contributed by atoms with van der Waals surface area (Å²) in [5, 5.41) is 10.6. The van der Waals surface area contributed by atoms with Gasteiger partial charge in [0.25, 0.3) is 0 Å². The Balaban J connectivity index is 2.48. The first kappa shape index (κ1) is 20.0. The first-order valence-electron chi connectivity index (χ1n) is 8.82. The lowest BCUT2D eigenvalue weighted by atomic mass is 9.97. The fourth-order valence-electron chi connectivity index (χ4n) is 2.79. The molecule has 2 rings (SSSR count). The normalized spacial score (nSPS) is 10.7. The number of allylic oxidation sites excluding steroid dienone is 3. The van der Waals surface area contributed by atoms with Gasteiger partial charge >= 0.3 is 0 Å². The predicted octanol–water partition coefficient (Wildman–Crippen LogP) is 4.73. The molecule has 0 heterocycles. The molecule has 0 spiro atoms. The highest BCUT2D eigenvalue weighted by Crippen LogP contribution is 2.37. The van der Waals surface area contributed by atoms with Crippen molar-refractivity contribution in [3.05, 3.63) is 84.0 Å². The number of phenols is 1. The first-order valence-corrected chi connectivity index (χ1v) is 8.82. The second kappa shape index (κ2) is 9.43. The third-order valence-corrected chi connectivity index (χ3v) is 4.07. The van der Waals surface area contributed by atoms with E-state index >= 15 is 0 Å². The van der Waals surface area contributed by atoms with E-state index in [9.17, 15) is 9.90 Å². The van der Waals surface area contributed by atoms with Gasteiger partial charge in [0, 0.05) is 22.4 Å². The molecular weight excluding hydrogens is 338 g/mol. The van der Waals surface area contributed by atoms with E-state index in [-0.39, 0.29) is 11.5 Å². The molecule has 2 aromatic carbocycles. The van der Waals surface area contributed by atoms with Crippen molar-refractivity contribution in [1.82, 2.24) is 0 Å². The number of phenolic OH excluding ortho intramolecular Hbond substituents is 1. The van der Waals surface area contributed by atoms with Gasteiger partial charge in [-0.05, 0) is 67.8 Å². The van der Waals surface area contributed by atoms with Crippen LogP contribution in [-0.4, -0.2) is 17.5 Å². The Morgan fingerprint density at radius 3 is 2.44 bits per heavy atom. The quantitative estimate of drug-likeness (QED) is 0.292. The summed E-state index contributed by atoms with van der Waals surface area (Å²) in [5.41, 5.74) is 8.94. The maximum Gasteiger partial charge on any atom is 0.185 e. The molecule has 0 saturated heterocycles. The summed E-state index contributed by atoms with van der Waals surface area (Å²) >= 11 is 0. The molecule has 0 aliphatic heterocycles. The van der Waals surface area contributed by atoms with E-state index in [0.29, 0.717) is 42.0 Å². The zero-order chi connectivity index (χ0) is 19.8.